The molecule has 1 unspecified atom stereocenters. The second-order valence-corrected chi connectivity index (χ2v) is 7.79. The number of urea groups is 1. The lowest BCUT2D eigenvalue weighted by Crippen LogP contribution is -2.65. The fourth-order valence-electron chi connectivity index (χ4n) is 4.39. The van der Waals surface area contributed by atoms with Crippen LogP contribution in [0, 0.1) is 0 Å². The molecule has 0 radical (unpaired) electrons. The van der Waals surface area contributed by atoms with Crippen LogP contribution >= 0.6 is 0 Å². The van der Waals surface area contributed by atoms with Crippen molar-refractivity contribution in [1.82, 2.24) is 19.7 Å². The van der Waals surface area contributed by atoms with Crippen molar-refractivity contribution in [3.63, 3.8) is 0 Å². The summed E-state index contributed by atoms with van der Waals surface area (Å²) >= 11 is 0. The third-order valence-electron chi connectivity index (χ3n) is 6.01. The molecule has 0 bridgehead atoms. The zero-order chi connectivity index (χ0) is 17.9. The van der Waals surface area contributed by atoms with E-state index < -0.39 is 0 Å². The van der Waals surface area contributed by atoms with Crippen molar-refractivity contribution in [3.8, 4) is 0 Å². The summed E-state index contributed by atoms with van der Waals surface area (Å²) in [7, 11) is 0. The summed E-state index contributed by atoms with van der Waals surface area (Å²) in [5, 5.41) is 4.36. The van der Waals surface area contributed by atoms with Gasteiger partial charge in [0.2, 0.25) is 0 Å². The van der Waals surface area contributed by atoms with Gasteiger partial charge in [0, 0.05) is 50.0 Å². The maximum atomic E-state index is 12.3. The highest BCUT2D eigenvalue weighted by Gasteiger charge is 2.37. The molecule has 2 fully saturated rings. The molecular formula is C21H30N4O. The average Bonchev–Trinajstić information content (AvgIpc) is 3.02. The summed E-state index contributed by atoms with van der Waals surface area (Å²) in [5.74, 6) is 0. The predicted molar refractivity (Wildman–Crippen MR) is 105 cm³/mol. The topological polar surface area (TPSA) is 40.5 Å². The molecule has 140 valence electrons. The lowest BCUT2D eigenvalue weighted by Gasteiger charge is -2.49. The summed E-state index contributed by atoms with van der Waals surface area (Å²) in [5.41, 5.74) is 1.26. The smallest absolute Gasteiger partial charge is 0.317 e. The summed E-state index contributed by atoms with van der Waals surface area (Å²) < 4.78 is 2.26. The molecule has 26 heavy (non-hydrogen) atoms. The van der Waals surface area contributed by atoms with Gasteiger partial charge in [0.05, 0.1) is 0 Å². The van der Waals surface area contributed by atoms with Crippen LogP contribution in [0.2, 0.25) is 0 Å². The van der Waals surface area contributed by atoms with Crippen LogP contribution in [-0.2, 0) is 6.54 Å². The van der Waals surface area contributed by atoms with Crippen LogP contribution in [-0.4, -0.2) is 58.7 Å². The van der Waals surface area contributed by atoms with Gasteiger partial charge in [-0.2, -0.15) is 0 Å². The van der Waals surface area contributed by atoms with Crippen molar-refractivity contribution in [2.75, 3.05) is 26.2 Å². The van der Waals surface area contributed by atoms with Crippen LogP contribution in [0.25, 0.3) is 10.9 Å². The van der Waals surface area contributed by atoms with E-state index in [1.54, 1.807) is 0 Å². The minimum atomic E-state index is 0.100. The van der Waals surface area contributed by atoms with E-state index in [4.69, 9.17) is 0 Å². The van der Waals surface area contributed by atoms with Crippen LogP contribution in [0.15, 0.2) is 36.5 Å². The number of benzene rings is 1. The average molecular weight is 354 g/mol. The van der Waals surface area contributed by atoms with E-state index in [1.807, 2.05) is 4.90 Å². The summed E-state index contributed by atoms with van der Waals surface area (Å²) in [6.45, 7) is 6.96. The molecule has 4 rings (SSSR count). The molecule has 1 aromatic carbocycles. The first-order valence-corrected chi connectivity index (χ1v) is 10.0. The molecule has 1 aromatic heterocycles. The fourth-order valence-corrected chi connectivity index (χ4v) is 4.39. The molecule has 0 aliphatic carbocycles. The Kier molecular flexibility index (Phi) is 5.16. The Hall–Kier alpha value is -2.01. The molecule has 2 amide bonds. The summed E-state index contributed by atoms with van der Waals surface area (Å²) in [4.78, 5) is 16.9. The van der Waals surface area contributed by atoms with Gasteiger partial charge in [-0.05, 0) is 50.2 Å². The van der Waals surface area contributed by atoms with E-state index in [9.17, 15) is 4.79 Å². The van der Waals surface area contributed by atoms with Gasteiger partial charge in [-0.3, -0.25) is 4.90 Å². The molecule has 0 spiro atoms. The van der Waals surface area contributed by atoms with Crippen LogP contribution in [0.5, 0.6) is 0 Å². The fraction of sp³-hybridized carbons (Fsp3) is 0.571. The van der Waals surface area contributed by atoms with Crippen molar-refractivity contribution in [3.05, 3.63) is 36.5 Å². The number of hydrogen-bond donors (Lipinski definition) is 1. The summed E-state index contributed by atoms with van der Waals surface area (Å²) in [6.07, 6.45) is 7.04. The first-order valence-electron chi connectivity index (χ1n) is 10.0. The Labute approximate surface area is 155 Å². The highest BCUT2D eigenvalue weighted by molar-refractivity contribution is 5.79. The van der Waals surface area contributed by atoms with Gasteiger partial charge in [-0.15, -0.1) is 0 Å². The molecule has 2 aromatic rings. The minimum absolute atomic E-state index is 0.100. The van der Waals surface area contributed by atoms with Crippen LogP contribution < -0.4 is 5.32 Å². The maximum Gasteiger partial charge on any atom is 0.317 e. The van der Waals surface area contributed by atoms with Crippen molar-refractivity contribution in [2.24, 2.45) is 0 Å². The van der Waals surface area contributed by atoms with Crippen molar-refractivity contribution in [2.45, 2.75) is 51.2 Å². The van der Waals surface area contributed by atoms with Gasteiger partial charge in [0.1, 0.15) is 0 Å². The first kappa shape index (κ1) is 17.4. The molecular weight excluding hydrogens is 324 g/mol. The van der Waals surface area contributed by atoms with Crippen LogP contribution in [0.4, 0.5) is 4.79 Å². The molecule has 1 N–H and O–H groups in total. The van der Waals surface area contributed by atoms with Gasteiger partial charge in [0.25, 0.3) is 0 Å². The SMILES string of the molecule is CC1CCCCN1C1CN(C(=O)NCCCn2ccc3ccccc32)C1. The van der Waals surface area contributed by atoms with E-state index in [0.29, 0.717) is 12.1 Å². The molecule has 1 atom stereocenters. The maximum absolute atomic E-state index is 12.3. The predicted octanol–water partition coefficient (Wildman–Crippen LogP) is 3.30. The van der Waals surface area contributed by atoms with Crippen molar-refractivity contribution in [1.29, 1.82) is 0 Å². The molecule has 3 heterocycles. The number of likely N-dealkylation sites (tertiary alicyclic amines) is 2. The largest absolute Gasteiger partial charge is 0.347 e. The second-order valence-electron chi connectivity index (χ2n) is 7.79. The number of carbonyl (C=O) groups excluding carboxylic acids is 1. The number of aromatic nitrogens is 1. The number of nitrogens with one attached hydrogen (secondary N) is 1. The van der Waals surface area contributed by atoms with Crippen LogP contribution in [0.3, 0.4) is 0 Å². The van der Waals surface area contributed by atoms with E-state index in [2.05, 4.69) is 58.2 Å². The minimum Gasteiger partial charge on any atom is -0.347 e. The number of piperidine rings is 1. The normalized spacial score (nSPS) is 21.7. The third kappa shape index (κ3) is 3.58. The number of rotatable bonds is 5. The molecule has 2 aliphatic rings. The number of carbonyl (C=O) groups is 1. The quantitative estimate of drug-likeness (QED) is 0.837. The molecule has 5 heteroatoms. The standard InChI is InChI=1S/C21H30N4O/c1-17-7-4-5-13-25(17)19-15-24(16-19)21(26)22-11-6-12-23-14-10-18-8-2-3-9-20(18)23/h2-3,8-10,14,17,19H,4-7,11-13,15-16H2,1H3,(H,22,26). The number of fused-ring (bicyclic) bond motifs is 1. The third-order valence-corrected chi connectivity index (χ3v) is 6.01. The zero-order valence-electron chi connectivity index (χ0n) is 15.7. The molecule has 0 saturated carbocycles. The summed E-state index contributed by atoms with van der Waals surface area (Å²) in [6, 6.07) is 11.9. The zero-order valence-corrected chi connectivity index (χ0v) is 15.7. The van der Waals surface area contributed by atoms with Gasteiger partial charge in [-0.1, -0.05) is 24.6 Å². The van der Waals surface area contributed by atoms with E-state index in [1.165, 1.54) is 36.7 Å². The Morgan fingerprint density at radius 3 is 2.88 bits per heavy atom. The van der Waals surface area contributed by atoms with Crippen LogP contribution in [0.1, 0.15) is 32.6 Å². The highest BCUT2D eigenvalue weighted by atomic mass is 16.2. The van der Waals surface area contributed by atoms with Crippen molar-refractivity contribution < 1.29 is 4.79 Å². The van der Waals surface area contributed by atoms with E-state index in [-0.39, 0.29) is 6.03 Å². The lowest BCUT2D eigenvalue weighted by molar-refractivity contribution is 0.0170. The Balaban J connectivity index is 1.17. The molecule has 5 nitrogen and oxygen atoms in total. The van der Waals surface area contributed by atoms with Crippen molar-refractivity contribution >= 4 is 16.9 Å². The van der Waals surface area contributed by atoms with Gasteiger partial charge in [-0.25, -0.2) is 4.79 Å². The molecule has 2 saturated heterocycles. The lowest BCUT2D eigenvalue weighted by atomic mass is 9.98. The first-order chi connectivity index (χ1) is 12.7. The highest BCUT2D eigenvalue weighted by Crippen LogP contribution is 2.24. The number of amides is 2. The molecule has 2 aliphatic heterocycles. The number of nitrogens with zero attached hydrogens (tertiary/aromatic N) is 3. The monoisotopic (exact) mass is 354 g/mol. The number of aryl methyl sites for hydroxylation is 1. The second kappa shape index (κ2) is 7.70. The van der Waals surface area contributed by atoms with Gasteiger partial charge >= 0.3 is 6.03 Å². The van der Waals surface area contributed by atoms with Gasteiger partial charge in [0.15, 0.2) is 0 Å². The number of para-hydroxylation sites is 1. The number of hydrogen-bond acceptors (Lipinski definition) is 2. The Morgan fingerprint density at radius 1 is 1.19 bits per heavy atom. The Bertz CT molecular complexity index is 749. The van der Waals surface area contributed by atoms with Gasteiger partial charge < -0.3 is 14.8 Å². The Morgan fingerprint density at radius 2 is 2.04 bits per heavy atom. The van der Waals surface area contributed by atoms with E-state index >= 15 is 0 Å². The van der Waals surface area contributed by atoms with E-state index in [0.717, 1.165) is 32.6 Å².